The summed E-state index contributed by atoms with van der Waals surface area (Å²) in [6.45, 7) is 5.22. The Hall–Kier alpha value is -1.88. The second-order valence-electron chi connectivity index (χ2n) is 5.63. The fourth-order valence-electron chi connectivity index (χ4n) is 2.88. The molecule has 1 aromatic carbocycles. The number of likely N-dealkylation sites (N-methyl/N-ethyl adjacent to an activating group) is 1. The number of rotatable bonds is 6. The molecule has 1 saturated heterocycles. The molecule has 1 aromatic rings. The van der Waals surface area contributed by atoms with Crippen LogP contribution in [0.3, 0.4) is 0 Å². The average Bonchev–Trinajstić information content (AvgIpc) is 3.01. The van der Waals surface area contributed by atoms with Crippen molar-refractivity contribution in [3.8, 4) is 0 Å². The van der Waals surface area contributed by atoms with Crippen molar-refractivity contribution in [3.63, 3.8) is 0 Å². The minimum absolute atomic E-state index is 0.367. The van der Waals surface area contributed by atoms with Crippen LogP contribution in [0, 0.1) is 0 Å². The van der Waals surface area contributed by atoms with E-state index in [-0.39, 0.29) is 0 Å². The van der Waals surface area contributed by atoms with Crippen LogP contribution in [0.1, 0.15) is 25.3 Å². The van der Waals surface area contributed by atoms with E-state index in [0.717, 1.165) is 37.9 Å². The Labute approximate surface area is 132 Å². The van der Waals surface area contributed by atoms with Gasteiger partial charge in [-0.25, -0.2) is 0 Å². The molecule has 2 amide bonds. The molecular weight excluding hydrogens is 278 g/mol. The zero-order valence-electron chi connectivity index (χ0n) is 13.2. The highest BCUT2D eigenvalue weighted by molar-refractivity contribution is 6.35. The predicted octanol–water partition coefficient (Wildman–Crippen LogP) is 0.946. The molecule has 0 radical (unpaired) electrons. The highest BCUT2D eigenvalue weighted by Gasteiger charge is 2.24. The molecule has 2 rings (SSSR count). The third-order valence-electron chi connectivity index (χ3n) is 4.15. The van der Waals surface area contributed by atoms with Crippen LogP contribution in [-0.4, -0.2) is 48.9 Å². The standard InChI is InChI=1S/C17H25N3O2/c1-2-20-12-6-9-15(20)13-19-17(22)16(21)18-11-10-14-7-4-3-5-8-14/h3-5,7-8,15H,2,6,9-13H2,1H3,(H,18,21)(H,19,22). The second-order valence-corrected chi connectivity index (χ2v) is 5.63. The van der Waals surface area contributed by atoms with Crippen LogP contribution in [0.5, 0.6) is 0 Å². The zero-order chi connectivity index (χ0) is 15.8. The molecule has 0 bridgehead atoms. The van der Waals surface area contributed by atoms with Gasteiger partial charge in [-0.15, -0.1) is 0 Å². The molecule has 2 N–H and O–H groups in total. The van der Waals surface area contributed by atoms with Crippen LogP contribution >= 0.6 is 0 Å². The number of likely N-dealkylation sites (tertiary alicyclic amines) is 1. The molecule has 1 fully saturated rings. The number of amides is 2. The Morgan fingerprint density at radius 2 is 1.91 bits per heavy atom. The molecule has 5 nitrogen and oxygen atoms in total. The highest BCUT2D eigenvalue weighted by Crippen LogP contribution is 2.15. The van der Waals surface area contributed by atoms with Gasteiger partial charge < -0.3 is 10.6 Å². The molecule has 0 aromatic heterocycles. The molecule has 0 aliphatic carbocycles. The number of carbonyl (C=O) groups excluding carboxylic acids is 2. The lowest BCUT2D eigenvalue weighted by molar-refractivity contribution is -0.139. The van der Waals surface area contributed by atoms with Gasteiger partial charge in [0.25, 0.3) is 0 Å². The van der Waals surface area contributed by atoms with E-state index in [2.05, 4.69) is 22.5 Å². The van der Waals surface area contributed by atoms with Crippen LogP contribution in [0.2, 0.25) is 0 Å². The van der Waals surface area contributed by atoms with E-state index in [1.165, 1.54) is 0 Å². The van der Waals surface area contributed by atoms with E-state index in [0.29, 0.717) is 19.1 Å². The lowest BCUT2D eigenvalue weighted by atomic mass is 10.1. The molecule has 0 saturated carbocycles. The zero-order valence-corrected chi connectivity index (χ0v) is 13.2. The smallest absolute Gasteiger partial charge is 0.309 e. The minimum atomic E-state index is -0.544. The number of nitrogens with zero attached hydrogens (tertiary/aromatic N) is 1. The quantitative estimate of drug-likeness (QED) is 0.769. The summed E-state index contributed by atoms with van der Waals surface area (Å²) in [5, 5.41) is 5.41. The Morgan fingerprint density at radius 1 is 1.18 bits per heavy atom. The van der Waals surface area contributed by atoms with Crippen molar-refractivity contribution in [2.24, 2.45) is 0 Å². The fourth-order valence-corrected chi connectivity index (χ4v) is 2.88. The van der Waals surface area contributed by atoms with Gasteiger partial charge in [-0.05, 0) is 37.9 Å². The van der Waals surface area contributed by atoms with Gasteiger partial charge in [0.1, 0.15) is 0 Å². The number of benzene rings is 1. The van der Waals surface area contributed by atoms with Crippen LogP contribution < -0.4 is 10.6 Å². The summed E-state index contributed by atoms with van der Waals surface area (Å²) >= 11 is 0. The molecule has 1 atom stereocenters. The third-order valence-corrected chi connectivity index (χ3v) is 4.15. The molecular formula is C17H25N3O2. The van der Waals surface area contributed by atoms with Gasteiger partial charge in [0.2, 0.25) is 0 Å². The summed E-state index contributed by atoms with van der Waals surface area (Å²) in [7, 11) is 0. The van der Waals surface area contributed by atoms with Gasteiger partial charge >= 0.3 is 11.8 Å². The first-order valence-corrected chi connectivity index (χ1v) is 8.04. The SMILES string of the molecule is CCN1CCCC1CNC(=O)C(=O)NCCc1ccccc1. The Morgan fingerprint density at radius 3 is 2.64 bits per heavy atom. The molecule has 120 valence electrons. The van der Waals surface area contributed by atoms with Crippen molar-refractivity contribution in [2.75, 3.05) is 26.2 Å². The molecule has 5 heteroatoms. The normalized spacial score (nSPS) is 18.1. The molecule has 0 spiro atoms. The van der Waals surface area contributed by atoms with Gasteiger partial charge in [0.15, 0.2) is 0 Å². The topological polar surface area (TPSA) is 61.4 Å². The summed E-state index contributed by atoms with van der Waals surface area (Å²) in [6.07, 6.45) is 2.98. The highest BCUT2D eigenvalue weighted by atomic mass is 16.2. The van der Waals surface area contributed by atoms with Gasteiger partial charge in [-0.1, -0.05) is 37.3 Å². The second kappa shape index (κ2) is 8.54. The summed E-state index contributed by atoms with van der Waals surface area (Å²) in [6, 6.07) is 10.3. The van der Waals surface area contributed by atoms with Crippen LogP contribution in [0.25, 0.3) is 0 Å². The number of carbonyl (C=O) groups is 2. The van der Waals surface area contributed by atoms with E-state index in [9.17, 15) is 9.59 Å². The van der Waals surface area contributed by atoms with Crippen molar-refractivity contribution < 1.29 is 9.59 Å². The minimum Gasteiger partial charge on any atom is -0.348 e. The molecule has 22 heavy (non-hydrogen) atoms. The maximum atomic E-state index is 11.8. The molecule has 1 heterocycles. The fraction of sp³-hybridized carbons (Fsp3) is 0.529. The van der Waals surface area contributed by atoms with Crippen LogP contribution in [0.15, 0.2) is 30.3 Å². The van der Waals surface area contributed by atoms with E-state index < -0.39 is 11.8 Å². The lowest BCUT2D eigenvalue weighted by Gasteiger charge is -2.22. The summed E-state index contributed by atoms with van der Waals surface area (Å²) in [5.74, 6) is -1.08. The monoisotopic (exact) mass is 303 g/mol. The van der Waals surface area contributed by atoms with Gasteiger partial charge in [-0.2, -0.15) is 0 Å². The summed E-state index contributed by atoms with van der Waals surface area (Å²) in [5.41, 5.74) is 1.15. The predicted molar refractivity (Wildman–Crippen MR) is 86.4 cm³/mol. The van der Waals surface area contributed by atoms with Gasteiger partial charge in [0.05, 0.1) is 0 Å². The molecule has 1 unspecified atom stereocenters. The van der Waals surface area contributed by atoms with Crippen LogP contribution in [0.4, 0.5) is 0 Å². The molecule has 1 aliphatic heterocycles. The Balaban J connectivity index is 1.65. The maximum Gasteiger partial charge on any atom is 0.309 e. The first-order chi connectivity index (χ1) is 10.7. The average molecular weight is 303 g/mol. The first kappa shape index (κ1) is 16.5. The molecule has 1 aliphatic rings. The maximum absolute atomic E-state index is 11.8. The van der Waals surface area contributed by atoms with E-state index in [1.54, 1.807) is 0 Å². The first-order valence-electron chi connectivity index (χ1n) is 8.04. The Kier molecular flexibility index (Phi) is 6.40. The number of nitrogens with one attached hydrogen (secondary N) is 2. The van der Waals surface area contributed by atoms with Crippen LogP contribution in [-0.2, 0) is 16.0 Å². The largest absolute Gasteiger partial charge is 0.348 e. The third kappa shape index (κ3) is 4.84. The van der Waals surface area contributed by atoms with Gasteiger partial charge in [0, 0.05) is 19.1 Å². The summed E-state index contributed by atoms with van der Waals surface area (Å²) < 4.78 is 0. The Bertz CT molecular complexity index is 490. The van der Waals surface area contributed by atoms with Crippen molar-refractivity contribution in [1.29, 1.82) is 0 Å². The van der Waals surface area contributed by atoms with Crippen molar-refractivity contribution >= 4 is 11.8 Å². The van der Waals surface area contributed by atoms with E-state index in [1.807, 2.05) is 30.3 Å². The van der Waals surface area contributed by atoms with Crippen molar-refractivity contribution in [3.05, 3.63) is 35.9 Å². The van der Waals surface area contributed by atoms with Crippen molar-refractivity contribution in [1.82, 2.24) is 15.5 Å². The number of hydrogen-bond donors (Lipinski definition) is 2. The van der Waals surface area contributed by atoms with Gasteiger partial charge in [-0.3, -0.25) is 14.5 Å². The van der Waals surface area contributed by atoms with Crippen molar-refractivity contribution in [2.45, 2.75) is 32.2 Å². The lowest BCUT2D eigenvalue weighted by Crippen LogP contribution is -2.45. The van der Waals surface area contributed by atoms with E-state index >= 15 is 0 Å². The number of hydrogen-bond acceptors (Lipinski definition) is 3. The summed E-state index contributed by atoms with van der Waals surface area (Å²) in [4.78, 5) is 25.9. The van der Waals surface area contributed by atoms with E-state index in [4.69, 9.17) is 0 Å².